The maximum Gasteiger partial charge on any atom is 0.00515 e. The molecule has 1 heterocycles. The zero-order chi connectivity index (χ0) is 12.8. The van der Waals surface area contributed by atoms with Crippen LogP contribution in [0.2, 0.25) is 0 Å². The van der Waals surface area contributed by atoms with Crippen LogP contribution in [0.25, 0.3) is 0 Å². The van der Waals surface area contributed by atoms with Crippen LogP contribution in [0.5, 0.6) is 0 Å². The van der Waals surface area contributed by atoms with Crippen molar-refractivity contribution in [1.82, 2.24) is 0 Å². The monoisotopic (exact) mass is 259 g/mol. The lowest BCUT2D eigenvalue weighted by atomic mass is 9.96. The summed E-state index contributed by atoms with van der Waals surface area (Å²) in [6.45, 7) is 2.97. The van der Waals surface area contributed by atoms with Crippen molar-refractivity contribution in [1.29, 1.82) is 0 Å². The first kappa shape index (κ1) is 13.3. The maximum atomic E-state index is 5.91. The zero-order valence-electron chi connectivity index (χ0n) is 10.9. The highest BCUT2D eigenvalue weighted by Crippen LogP contribution is 2.21. The third kappa shape index (κ3) is 3.69. The first-order valence-corrected chi connectivity index (χ1v) is 7.45. The van der Waals surface area contributed by atoms with Gasteiger partial charge >= 0.3 is 0 Å². The van der Waals surface area contributed by atoms with Crippen LogP contribution < -0.4 is 5.73 Å². The van der Waals surface area contributed by atoms with Gasteiger partial charge in [0.15, 0.2) is 0 Å². The van der Waals surface area contributed by atoms with E-state index in [2.05, 4.69) is 49.4 Å². The Balaban J connectivity index is 1.97. The van der Waals surface area contributed by atoms with E-state index < -0.39 is 0 Å². The fourth-order valence-electron chi connectivity index (χ4n) is 2.19. The smallest absolute Gasteiger partial charge is 0.00515 e. The molecule has 18 heavy (non-hydrogen) atoms. The quantitative estimate of drug-likeness (QED) is 0.841. The van der Waals surface area contributed by atoms with Crippen LogP contribution in [0.3, 0.4) is 0 Å². The predicted molar refractivity (Wildman–Crippen MR) is 80.1 cm³/mol. The second-order valence-electron chi connectivity index (χ2n) is 4.72. The Labute approximate surface area is 114 Å². The molecule has 0 aliphatic carbocycles. The van der Waals surface area contributed by atoms with E-state index in [1.165, 1.54) is 15.3 Å². The first-order chi connectivity index (χ1) is 8.81. The van der Waals surface area contributed by atoms with E-state index in [1.54, 1.807) is 0 Å². The largest absolute Gasteiger partial charge is 0.330 e. The molecule has 1 nitrogen and oxygen atoms in total. The molecule has 2 aromatic rings. The molecule has 2 N–H and O–H groups in total. The Morgan fingerprint density at radius 1 is 1.00 bits per heavy atom. The van der Waals surface area contributed by atoms with Gasteiger partial charge in [0, 0.05) is 9.75 Å². The van der Waals surface area contributed by atoms with Crippen molar-refractivity contribution in [3.8, 4) is 0 Å². The van der Waals surface area contributed by atoms with Gasteiger partial charge in [-0.1, -0.05) is 37.3 Å². The summed E-state index contributed by atoms with van der Waals surface area (Å²) in [5.74, 6) is 0.552. The molecular weight excluding hydrogens is 238 g/mol. The molecule has 1 atom stereocenters. The minimum Gasteiger partial charge on any atom is -0.330 e. The van der Waals surface area contributed by atoms with Crippen LogP contribution in [0.15, 0.2) is 42.5 Å². The van der Waals surface area contributed by atoms with Gasteiger partial charge in [0.05, 0.1) is 0 Å². The average molecular weight is 259 g/mol. The van der Waals surface area contributed by atoms with Crippen molar-refractivity contribution in [2.45, 2.75) is 26.2 Å². The van der Waals surface area contributed by atoms with Crippen molar-refractivity contribution in [2.24, 2.45) is 11.7 Å². The van der Waals surface area contributed by atoms with Gasteiger partial charge < -0.3 is 5.73 Å². The van der Waals surface area contributed by atoms with E-state index in [0.717, 1.165) is 25.8 Å². The third-order valence-corrected chi connectivity index (χ3v) is 4.51. The standard InChI is InChI=1S/C16H21NS/c1-2-15-8-9-16(18-15)11-14(12-17)10-13-6-4-3-5-7-13/h3-9,14H,2,10-12,17H2,1H3. The second-order valence-corrected chi connectivity index (χ2v) is 5.97. The van der Waals surface area contributed by atoms with Gasteiger partial charge in [-0.15, -0.1) is 11.3 Å². The fraction of sp³-hybridized carbons (Fsp3) is 0.375. The first-order valence-electron chi connectivity index (χ1n) is 6.63. The molecular formula is C16H21NS. The van der Waals surface area contributed by atoms with E-state index in [1.807, 2.05) is 11.3 Å². The van der Waals surface area contributed by atoms with E-state index in [-0.39, 0.29) is 0 Å². The van der Waals surface area contributed by atoms with Crippen LogP contribution in [-0.4, -0.2) is 6.54 Å². The van der Waals surface area contributed by atoms with Gasteiger partial charge in [-0.3, -0.25) is 0 Å². The lowest BCUT2D eigenvalue weighted by molar-refractivity contribution is 0.537. The summed E-state index contributed by atoms with van der Waals surface area (Å²) < 4.78 is 0. The van der Waals surface area contributed by atoms with Gasteiger partial charge in [0.1, 0.15) is 0 Å². The Hall–Kier alpha value is -1.12. The molecule has 0 spiro atoms. The summed E-state index contributed by atoms with van der Waals surface area (Å²) in [6.07, 6.45) is 3.32. The van der Waals surface area contributed by atoms with Crippen molar-refractivity contribution >= 4 is 11.3 Å². The van der Waals surface area contributed by atoms with E-state index in [9.17, 15) is 0 Å². The Bertz CT molecular complexity index is 461. The topological polar surface area (TPSA) is 26.0 Å². The minimum absolute atomic E-state index is 0.552. The zero-order valence-corrected chi connectivity index (χ0v) is 11.7. The third-order valence-electron chi connectivity index (χ3n) is 3.26. The number of thiophene rings is 1. The molecule has 0 saturated heterocycles. The lowest BCUT2D eigenvalue weighted by Crippen LogP contribution is -2.18. The molecule has 2 heteroatoms. The molecule has 0 saturated carbocycles. The summed E-state index contributed by atoms with van der Waals surface area (Å²) in [4.78, 5) is 2.94. The molecule has 1 unspecified atom stereocenters. The van der Waals surface area contributed by atoms with Crippen molar-refractivity contribution < 1.29 is 0 Å². The highest BCUT2D eigenvalue weighted by molar-refractivity contribution is 7.11. The molecule has 2 rings (SSSR count). The molecule has 0 bridgehead atoms. The van der Waals surface area contributed by atoms with Gasteiger partial charge in [0.25, 0.3) is 0 Å². The van der Waals surface area contributed by atoms with E-state index in [0.29, 0.717) is 5.92 Å². The van der Waals surface area contributed by atoms with Crippen molar-refractivity contribution in [3.63, 3.8) is 0 Å². The minimum atomic E-state index is 0.552. The summed E-state index contributed by atoms with van der Waals surface area (Å²) in [6, 6.07) is 15.1. The second kappa shape index (κ2) is 6.72. The molecule has 0 aliphatic rings. The maximum absolute atomic E-state index is 5.91. The molecule has 0 fully saturated rings. The van der Waals surface area contributed by atoms with E-state index in [4.69, 9.17) is 5.73 Å². The average Bonchev–Trinajstić information content (AvgIpc) is 2.87. The van der Waals surface area contributed by atoms with Crippen LogP contribution in [0, 0.1) is 5.92 Å². The van der Waals surface area contributed by atoms with Crippen LogP contribution in [0.1, 0.15) is 22.2 Å². The van der Waals surface area contributed by atoms with Crippen molar-refractivity contribution in [2.75, 3.05) is 6.54 Å². The van der Waals surface area contributed by atoms with Gasteiger partial charge in [0.2, 0.25) is 0 Å². The number of rotatable bonds is 6. The summed E-state index contributed by atoms with van der Waals surface area (Å²) in [5.41, 5.74) is 7.30. The van der Waals surface area contributed by atoms with Gasteiger partial charge in [-0.05, 0) is 49.4 Å². The number of hydrogen-bond donors (Lipinski definition) is 1. The van der Waals surface area contributed by atoms with Gasteiger partial charge in [-0.25, -0.2) is 0 Å². The molecule has 0 amide bonds. The van der Waals surface area contributed by atoms with Crippen molar-refractivity contribution in [3.05, 3.63) is 57.8 Å². The number of hydrogen-bond acceptors (Lipinski definition) is 2. The molecule has 1 aromatic heterocycles. The number of aryl methyl sites for hydroxylation is 1. The van der Waals surface area contributed by atoms with Crippen LogP contribution >= 0.6 is 11.3 Å². The Morgan fingerprint density at radius 2 is 1.72 bits per heavy atom. The SMILES string of the molecule is CCc1ccc(CC(CN)Cc2ccccc2)s1. The summed E-state index contributed by atoms with van der Waals surface area (Å²) in [5, 5.41) is 0. The van der Waals surface area contributed by atoms with Gasteiger partial charge in [-0.2, -0.15) is 0 Å². The molecule has 1 aromatic carbocycles. The lowest BCUT2D eigenvalue weighted by Gasteiger charge is -2.13. The molecule has 0 radical (unpaired) electrons. The van der Waals surface area contributed by atoms with E-state index >= 15 is 0 Å². The van der Waals surface area contributed by atoms with Crippen LogP contribution in [0.4, 0.5) is 0 Å². The Kier molecular flexibility index (Phi) is 4.97. The molecule has 0 aliphatic heterocycles. The summed E-state index contributed by atoms with van der Waals surface area (Å²) in [7, 11) is 0. The predicted octanol–water partition coefficient (Wildman–Crippen LogP) is 3.67. The van der Waals surface area contributed by atoms with Crippen LogP contribution in [-0.2, 0) is 19.3 Å². The highest BCUT2D eigenvalue weighted by atomic mass is 32.1. The number of benzene rings is 1. The fourth-order valence-corrected chi connectivity index (χ4v) is 3.27. The number of nitrogens with two attached hydrogens (primary N) is 1. The molecule has 96 valence electrons. The normalized spacial score (nSPS) is 12.6. The summed E-state index contributed by atoms with van der Waals surface area (Å²) >= 11 is 1.93. The highest BCUT2D eigenvalue weighted by Gasteiger charge is 2.10. The Morgan fingerprint density at radius 3 is 2.33 bits per heavy atom.